The molecule has 0 saturated carbocycles. The summed E-state index contributed by atoms with van der Waals surface area (Å²) in [4.78, 5) is 25.4. The largest absolute Gasteiger partial charge is 0.343 e. The summed E-state index contributed by atoms with van der Waals surface area (Å²) in [5.74, 6) is -0.121. The summed E-state index contributed by atoms with van der Waals surface area (Å²) in [6.45, 7) is 9.70. The molecule has 2 amide bonds. The van der Waals surface area contributed by atoms with Gasteiger partial charge in [-0.3, -0.25) is 9.59 Å². The summed E-state index contributed by atoms with van der Waals surface area (Å²) in [7, 11) is 0. The zero-order chi connectivity index (χ0) is 12.5. The van der Waals surface area contributed by atoms with E-state index in [-0.39, 0.29) is 11.8 Å². The van der Waals surface area contributed by atoms with E-state index in [9.17, 15) is 9.59 Å². The van der Waals surface area contributed by atoms with Crippen LogP contribution in [0, 0.1) is 0 Å². The summed E-state index contributed by atoms with van der Waals surface area (Å²) in [5, 5.41) is 2.69. The van der Waals surface area contributed by atoms with E-state index < -0.39 is 11.6 Å². The van der Waals surface area contributed by atoms with E-state index in [1.54, 1.807) is 25.7 Å². The molecule has 16 heavy (non-hydrogen) atoms. The Labute approximate surface area is 96.7 Å². The lowest BCUT2D eigenvalue weighted by Gasteiger charge is -2.43. The molecule has 4 nitrogen and oxygen atoms in total. The molecule has 1 atom stereocenters. The first-order valence-corrected chi connectivity index (χ1v) is 5.52. The predicted octanol–water partition coefficient (Wildman–Crippen LogP) is 1.08. The van der Waals surface area contributed by atoms with E-state index >= 15 is 0 Å². The molecule has 1 heterocycles. The summed E-state index contributed by atoms with van der Waals surface area (Å²) in [6, 6.07) is -0.425. The normalized spacial score (nSPS) is 24.1. The number of allylic oxidation sites excluding steroid dienone is 1. The van der Waals surface area contributed by atoms with E-state index in [1.165, 1.54) is 0 Å². The fraction of sp³-hybridized carbons (Fsp3) is 0.667. The molecule has 0 aromatic heterocycles. The average molecular weight is 224 g/mol. The molecule has 1 N–H and O–H groups in total. The minimum atomic E-state index is -0.768. The molecule has 1 aliphatic rings. The maximum absolute atomic E-state index is 12.0. The molecule has 1 saturated heterocycles. The Morgan fingerprint density at radius 3 is 2.50 bits per heavy atom. The molecule has 4 heteroatoms. The summed E-state index contributed by atoms with van der Waals surface area (Å²) < 4.78 is 0. The van der Waals surface area contributed by atoms with Crippen molar-refractivity contribution in [2.24, 2.45) is 0 Å². The highest BCUT2D eigenvalue weighted by Crippen LogP contribution is 2.20. The lowest BCUT2D eigenvalue weighted by Crippen LogP contribution is -2.67. The van der Waals surface area contributed by atoms with Gasteiger partial charge in [-0.1, -0.05) is 11.6 Å². The molecule has 0 aromatic carbocycles. The van der Waals surface area contributed by atoms with Crippen molar-refractivity contribution in [2.45, 2.75) is 46.2 Å². The number of nitrogens with one attached hydrogen (secondary N) is 1. The highest BCUT2D eigenvalue weighted by atomic mass is 16.2. The van der Waals surface area contributed by atoms with Gasteiger partial charge in [0.2, 0.25) is 11.8 Å². The molecule has 0 spiro atoms. The predicted molar refractivity (Wildman–Crippen MR) is 62.8 cm³/mol. The van der Waals surface area contributed by atoms with Crippen LogP contribution in [0.1, 0.15) is 34.6 Å². The van der Waals surface area contributed by atoms with Crippen molar-refractivity contribution >= 4 is 11.8 Å². The van der Waals surface area contributed by atoms with Crippen molar-refractivity contribution in [2.75, 3.05) is 6.54 Å². The van der Waals surface area contributed by atoms with Crippen LogP contribution in [0.15, 0.2) is 11.6 Å². The molecule has 0 radical (unpaired) electrons. The van der Waals surface area contributed by atoms with Crippen LogP contribution >= 0.6 is 0 Å². The molecule has 0 aromatic rings. The van der Waals surface area contributed by atoms with Gasteiger partial charge in [0, 0.05) is 6.54 Å². The standard InChI is InChI=1S/C12H20N2O2/c1-8(2)6-7-14-10(15)9(3)13-11(16)12(14,4)5/h6,9H,7H2,1-5H3,(H,13,16). The average Bonchev–Trinajstić information content (AvgIpc) is 2.14. The zero-order valence-electron chi connectivity index (χ0n) is 10.6. The monoisotopic (exact) mass is 224 g/mol. The SMILES string of the molecule is CC(C)=CCN1C(=O)C(C)NC(=O)C1(C)C. The van der Waals surface area contributed by atoms with Crippen molar-refractivity contribution < 1.29 is 9.59 Å². The minimum Gasteiger partial charge on any atom is -0.343 e. The number of nitrogens with zero attached hydrogens (tertiary/aromatic N) is 1. The van der Waals surface area contributed by atoms with E-state index in [1.807, 2.05) is 19.9 Å². The van der Waals surface area contributed by atoms with Crippen LogP contribution in [0.4, 0.5) is 0 Å². The third-order valence-electron chi connectivity index (χ3n) is 2.90. The Kier molecular flexibility index (Phi) is 3.41. The molecule has 0 aliphatic carbocycles. The zero-order valence-corrected chi connectivity index (χ0v) is 10.6. The molecule has 1 rings (SSSR count). The summed E-state index contributed by atoms with van der Waals surface area (Å²) in [6.07, 6.45) is 1.96. The first-order chi connectivity index (χ1) is 7.26. The van der Waals surface area contributed by atoms with Crippen LogP contribution in [0.3, 0.4) is 0 Å². The van der Waals surface area contributed by atoms with Gasteiger partial charge in [0.05, 0.1) is 0 Å². The van der Waals surface area contributed by atoms with Gasteiger partial charge >= 0.3 is 0 Å². The van der Waals surface area contributed by atoms with Crippen LogP contribution in [0.5, 0.6) is 0 Å². The molecule has 90 valence electrons. The molecule has 1 unspecified atom stereocenters. The van der Waals surface area contributed by atoms with Crippen LogP contribution in [-0.4, -0.2) is 34.8 Å². The van der Waals surface area contributed by atoms with Gasteiger partial charge in [0.15, 0.2) is 0 Å². The first kappa shape index (κ1) is 12.7. The van der Waals surface area contributed by atoms with Gasteiger partial charge in [0.25, 0.3) is 0 Å². The highest BCUT2D eigenvalue weighted by Gasteiger charge is 2.44. The van der Waals surface area contributed by atoms with Crippen molar-refractivity contribution in [3.05, 3.63) is 11.6 Å². The van der Waals surface area contributed by atoms with Crippen molar-refractivity contribution in [3.63, 3.8) is 0 Å². The number of rotatable bonds is 2. The van der Waals surface area contributed by atoms with Gasteiger partial charge < -0.3 is 10.2 Å². The summed E-state index contributed by atoms with van der Waals surface area (Å²) >= 11 is 0. The Morgan fingerprint density at radius 2 is 2.00 bits per heavy atom. The maximum atomic E-state index is 12.0. The number of amides is 2. The number of hydrogen-bond donors (Lipinski definition) is 1. The Balaban J connectivity index is 2.95. The lowest BCUT2D eigenvalue weighted by atomic mass is 9.96. The van der Waals surface area contributed by atoms with Gasteiger partial charge in [-0.2, -0.15) is 0 Å². The van der Waals surface area contributed by atoms with E-state index in [0.29, 0.717) is 6.54 Å². The van der Waals surface area contributed by atoms with Crippen molar-refractivity contribution in [3.8, 4) is 0 Å². The van der Waals surface area contributed by atoms with Gasteiger partial charge in [-0.05, 0) is 34.6 Å². The number of carbonyl (C=O) groups is 2. The Hall–Kier alpha value is -1.32. The Morgan fingerprint density at radius 1 is 1.44 bits per heavy atom. The first-order valence-electron chi connectivity index (χ1n) is 5.52. The highest BCUT2D eigenvalue weighted by molar-refractivity contribution is 5.99. The van der Waals surface area contributed by atoms with Crippen LogP contribution < -0.4 is 5.32 Å². The Bertz CT molecular complexity index is 341. The van der Waals surface area contributed by atoms with E-state index in [0.717, 1.165) is 5.57 Å². The molecule has 0 bridgehead atoms. The molecular weight excluding hydrogens is 204 g/mol. The number of piperazine rings is 1. The quantitative estimate of drug-likeness (QED) is 0.713. The van der Waals surface area contributed by atoms with Crippen molar-refractivity contribution in [1.29, 1.82) is 0 Å². The summed E-state index contributed by atoms with van der Waals surface area (Å²) in [5.41, 5.74) is 0.373. The van der Waals surface area contributed by atoms with Crippen LogP contribution in [0.2, 0.25) is 0 Å². The molecule has 1 aliphatic heterocycles. The fourth-order valence-corrected chi connectivity index (χ4v) is 1.66. The third kappa shape index (κ3) is 2.26. The number of hydrogen-bond acceptors (Lipinski definition) is 2. The van der Waals surface area contributed by atoms with Crippen LogP contribution in [0.25, 0.3) is 0 Å². The maximum Gasteiger partial charge on any atom is 0.246 e. The molecular formula is C12H20N2O2. The van der Waals surface area contributed by atoms with E-state index in [2.05, 4.69) is 5.32 Å². The van der Waals surface area contributed by atoms with Gasteiger partial charge in [-0.25, -0.2) is 0 Å². The van der Waals surface area contributed by atoms with Gasteiger partial charge in [-0.15, -0.1) is 0 Å². The number of carbonyl (C=O) groups excluding carboxylic acids is 2. The van der Waals surface area contributed by atoms with Crippen molar-refractivity contribution in [1.82, 2.24) is 10.2 Å². The van der Waals surface area contributed by atoms with Gasteiger partial charge in [0.1, 0.15) is 11.6 Å². The fourth-order valence-electron chi connectivity index (χ4n) is 1.66. The second-order valence-electron chi connectivity index (χ2n) is 4.98. The van der Waals surface area contributed by atoms with E-state index in [4.69, 9.17) is 0 Å². The second-order valence-corrected chi connectivity index (χ2v) is 4.98. The smallest absolute Gasteiger partial charge is 0.246 e. The lowest BCUT2D eigenvalue weighted by molar-refractivity contribution is -0.153. The second kappa shape index (κ2) is 4.28. The topological polar surface area (TPSA) is 49.4 Å². The third-order valence-corrected chi connectivity index (χ3v) is 2.90. The minimum absolute atomic E-state index is 0.0258. The molecule has 1 fully saturated rings. The van der Waals surface area contributed by atoms with Crippen LogP contribution in [-0.2, 0) is 9.59 Å².